The van der Waals surface area contributed by atoms with E-state index < -0.39 is 84.9 Å². The number of carboxylic acids is 1. The summed E-state index contributed by atoms with van der Waals surface area (Å²) in [4.78, 5) is 80.9. The smallest absolute Gasteiger partial charge is 0.481 e. The monoisotopic (exact) mass is 1690 g/mol. The van der Waals surface area contributed by atoms with Crippen LogP contribution >= 0.6 is 12.4 Å². The van der Waals surface area contributed by atoms with Crippen LogP contribution in [0.25, 0.3) is 0 Å². The molecule has 0 aromatic rings. The summed E-state index contributed by atoms with van der Waals surface area (Å²) in [6, 6.07) is -0.810. The van der Waals surface area contributed by atoms with Gasteiger partial charge in [-0.15, -0.1) is 25.6 Å². The van der Waals surface area contributed by atoms with Gasteiger partial charge in [0, 0.05) is 104 Å². The number of aliphatic hydroxyl groups is 4. The van der Waals surface area contributed by atoms with Crippen LogP contribution in [0.2, 0.25) is 19.6 Å². The molecule has 0 amide bonds. The first-order valence-corrected chi connectivity index (χ1v) is 43.1. The Labute approximate surface area is 674 Å². The Hall–Kier alpha value is -5.03. The van der Waals surface area contributed by atoms with Crippen molar-refractivity contribution >= 4 is 78.5 Å². The van der Waals surface area contributed by atoms with Gasteiger partial charge in [0.25, 0.3) is 0 Å². The number of aliphatic hydroxyl groups excluding tert-OH is 4. The molecule has 0 saturated carbocycles. The second-order valence-electron chi connectivity index (χ2n) is 30.0. The van der Waals surface area contributed by atoms with Gasteiger partial charge in [-0.2, -0.15) is 21.6 Å². The van der Waals surface area contributed by atoms with Crippen molar-refractivity contribution in [2.24, 2.45) is 69.9 Å². The highest BCUT2D eigenvalue weighted by atomic mass is 35.5. The summed E-state index contributed by atoms with van der Waals surface area (Å²) in [5.41, 5.74) is 0.200. The molecule has 6 rings (SSSR count). The number of unbranched alkanes of at least 4 members (excludes halogenated alkanes) is 5. The average molecular weight is 1690 g/mol. The number of fused-ring (bicyclic) bond motifs is 1. The number of ether oxygens (including phenoxy) is 14. The molecule has 662 valence electrons. The number of nitrogens with zero attached hydrogens (tertiary/aromatic N) is 1. The Balaban J connectivity index is 0. The minimum Gasteiger partial charge on any atom is -0.481 e. The zero-order valence-corrected chi connectivity index (χ0v) is 72.7. The Morgan fingerprint density at radius 3 is 1.32 bits per heavy atom. The molecule has 0 aromatic carbocycles. The lowest BCUT2D eigenvalue weighted by molar-refractivity contribution is -0.255. The number of carbonyl (C=O) groups is 7. The van der Waals surface area contributed by atoms with E-state index in [2.05, 4.69) is 70.5 Å². The van der Waals surface area contributed by atoms with Crippen molar-refractivity contribution in [2.75, 3.05) is 52.9 Å². The number of halogens is 4. The molecule has 0 radical (unpaired) electrons. The van der Waals surface area contributed by atoms with E-state index >= 15 is 0 Å². The molecule has 31 nitrogen and oxygen atoms in total. The second kappa shape index (κ2) is 55.6. The van der Waals surface area contributed by atoms with E-state index in [9.17, 15) is 65.4 Å². The summed E-state index contributed by atoms with van der Waals surface area (Å²) in [5, 5.41) is 44.3. The van der Waals surface area contributed by atoms with E-state index in [0.29, 0.717) is 68.8 Å². The van der Waals surface area contributed by atoms with Crippen molar-refractivity contribution in [1.82, 2.24) is 0 Å². The van der Waals surface area contributed by atoms with Crippen LogP contribution in [0, 0.1) is 59.2 Å². The van der Waals surface area contributed by atoms with Gasteiger partial charge in [-0.05, 0) is 108 Å². The number of aliphatic carboxylic acids is 1. The number of alkyl halides is 3. The minimum absolute atomic E-state index is 0. The molecule has 6 heterocycles. The standard InChI is InChI=1S/C17H30O4.C16H28O6.C13H19NO6.C13H22O5.C7H15NO4.C6H12O.C4H9F3O3SSi.ClH/c1-6-7-8-9-10-19-17-14(4)12(2)13(3)16(21-17)11-20-15(5)18;1-10-11(2)14(9-21-13(4)17)22-16(12(10)3)20-8-6-5-7-15(18)19;1-6-11-13(18-7(2)14-11)20-10(5-17-8(3)15)12(6)19-9(4)16;1-7-8(2)13(18-11(5)15)12(17-9(7)3)6-16-10(4)14;1-3-5(8)7(11)12-4(2-9)6(3)10;1-2-3-4-5-6-7;1-12(2,3)10-11(8,9)4(5,6)7;/h6,12-14,16-17H,1,7-11H2,2-5H3;10-12,14,16H,5-9H2,1-4H3,(H,18,19);6,10-13H,5H2,1-4H3;7-9,12-13H,6H2,1-5H3;3-7,9-11H,2,8H2,1H3;2,7H,1,3-6H2;1-3H3;1H. The molecule has 0 aromatic heterocycles. The molecule has 0 aliphatic carbocycles. The van der Waals surface area contributed by atoms with Crippen LogP contribution < -0.4 is 5.73 Å². The SMILES string of the molecule is C=CCCCCO.C=CCCCCOC1OC(COC(C)=O)C(C)C(C)C1C.CC(=O)OCC1OC(C)C(C)C(C)C1OC(C)=O.CC(=O)OCC1OC(OCCCCC(=O)O)C(C)C(C)C1C.CC(=O)OCC1OC2OC(C)=NC2C(C)C1OC(C)=O.CC1C(N)C(O)OC(CO)C1O.C[Si](C)(C)OS(=O)(=O)C(F)(F)F.Cl. The number of aliphatic imine (C=N–C) groups is 1. The fourth-order valence-electron chi connectivity index (χ4n) is 12.2. The van der Waals surface area contributed by atoms with Crippen molar-refractivity contribution < 1.29 is 151 Å². The topological polar surface area (TPSA) is 432 Å². The van der Waals surface area contributed by atoms with E-state index in [1.807, 2.05) is 32.9 Å². The molecule has 0 bridgehead atoms. The Bertz CT molecular complexity index is 2940. The summed E-state index contributed by atoms with van der Waals surface area (Å²) in [7, 11) is -8.10. The fraction of sp³-hybridized carbons (Fsp3) is 0.842. The van der Waals surface area contributed by atoms with Crippen LogP contribution in [-0.4, -0.2) is 240 Å². The number of rotatable bonds is 29. The van der Waals surface area contributed by atoms with Gasteiger partial charge in [-0.25, -0.2) is 4.99 Å². The largest absolute Gasteiger partial charge is 0.522 e. The fourth-order valence-corrected chi connectivity index (χ4v) is 15.2. The molecule has 25 atom stereocenters. The number of hydrogen-bond acceptors (Lipinski definition) is 30. The average Bonchev–Trinajstić information content (AvgIpc) is 1.66. The lowest BCUT2D eigenvalue weighted by Gasteiger charge is -2.43. The number of hydrogen-bond donors (Lipinski definition) is 6. The van der Waals surface area contributed by atoms with Gasteiger partial charge in [0.1, 0.15) is 63.0 Å². The van der Waals surface area contributed by atoms with E-state index in [1.54, 1.807) is 13.8 Å². The predicted octanol–water partition coefficient (Wildman–Crippen LogP) is 9.67. The van der Waals surface area contributed by atoms with Gasteiger partial charge in [0.2, 0.25) is 14.6 Å². The second-order valence-corrected chi connectivity index (χ2v) is 36.3. The highest BCUT2D eigenvalue weighted by Crippen LogP contribution is 2.39. The Kier molecular flexibility index (Phi) is 54.1. The van der Waals surface area contributed by atoms with E-state index in [-0.39, 0.29) is 154 Å². The van der Waals surface area contributed by atoms with Gasteiger partial charge in [-0.3, -0.25) is 33.6 Å². The minimum atomic E-state index is -5.39. The molecule has 113 heavy (non-hydrogen) atoms. The van der Waals surface area contributed by atoms with E-state index in [1.165, 1.54) is 61.2 Å². The van der Waals surface area contributed by atoms with Crippen LogP contribution in [0.1, 0.15) is 182 Å². The van der Waals surface area contributed by atoms with Gasteiger partial charge in [0.05, 0.1) is 37.1 Å². The lowest BCUT2D eigenvalue weighted by atomic mass is 9.79. The van der Waals surface area contributed by atoms with Crippen LogP contribution in [0.15, 0.2) is 30.3 Å². The third kappa shape index (κ3) is 42.3. The zero-order chi connectivity index (χ0) is 86.3. The van der Waals surface area contributed by atoms with Crippen molar-refractivity contribution in [3.63, 3.8) is 0 Å². The maximum absolute atomic E-state index is 11.7. The van der Waals surface area contributed by atoms with Gasteiger partial charge >= 0.3 is 57.4 Å². The number of carboxylic acid groups (broad SMARTS) is 1. The Morgan fingerprint density at radius 1 is 0.540 bits per heavy atom. The van der Waals surface area contributed by atoms with Gasteiger partial charge < -0.3 is 101 Å². The molecule has 25 unspecified atom stereocenters. The molecule has 37 heteroatoms. The maximum Gasteiger partial charge on any atom is 0.522 e. The maximum atomic E-state index is 11.7. The molecular formula is C76H136ClF3N2O29SSi. The first kappa shape index (κ1) is 110. The molecule has 7 N–H and O–H groups in total. The number of nitrogens with two attached hydrogens (primary N) is 1. The molecule has 5 fully saturated rings. The third-order valence-electron chi connectivity index (χ3n) is 19.8. The number of carbonyl (C=O) groups excluding carboxylic acids is 6. The predicted molar refractivity (Wildman–Crippen MR) is 415 cm³/mol. The van der Waals surface area contributed by atoms with Crippen LogP contribution in [-0.2, 0) is 114 Å². The normalized spacial score (nSPS) is 31.6. The molecule has 5 saturated heterocycles. The lowest BCUT2D eigenvalue weighted by Crippen LogP contribution is -2.57. The van der Waals surface area contributed by atoms with Crippen molar-refractivity contribution in [3.05, 3.63) is 25.3 Å². The highest BCUT2D eigenvalue weighted by Gasteiger charge is 2.51. The molecular weight excluding hydrogens is 1560 g/mol. The van der Waals surface area contributed by atoms with Crippen LogP contribution in [0.5, 0.6) is 0 Å². The number of esters is 6. The van der Waals surface area contributed by atoms with Crippen molar-refractivity contribution in [3.8, 4) is 0 Å². The van der Waals surface area contributed by atoms with E-state index in [0.717, 1.165) is 38.5 Å². The molecule has 6 aliphatic heterocycles. The van der Waals surface area contributed by atoms with Gasteiger partial charge in [-0.1, -0.05) is 81.4 Å². The number of allylic oxidation sites excluding steroid dienone is 2. The third-order valence-corrected chi connectivity index (χ3v) is 23.3. The van der Waals surface area contributed by atoms with E-state index in [4.69, 9.17) is 87.4 Å². The van der Waals surface area contributed by atoms with Crippen molar-refractivity contribution in [2.45, 2.75) is 300 Å². The first-order chi connectivity index (χ1) is 51.9. The highest BCUT2D eigenvalue weighted by molar-refractivity contribution is 7.88. The summed E-state index contributed by atoms with van der Waals surface area (Å²) in [6.45, 7) is 45.7. The first-order valence-electron chi connectivity index (χ1n) is 38.3. The summed E-state index contributed by atoms with van der Waals surface area (Å²) < 4.78 is 136. The summed E-state index contributed by atoms with van der Waals surface area (Å²) >= 11 is 0. The Morgan fingerprint density at radius 2 is 0.947 bits per heavy atom. The zero-order valence-electron chi connectivity index (χ0n) is 70.0. The van der Waals surface area contributed by atoms with Gasteiger partial charge in [0.15, 0.2) is 24.8 Å². The quantitative estimate of drug-likeness (QED) is 0.0101. The van der Waals surface area contributed by atoms with Crippen molar-refractivity contribution in [1.29, 1.82) is 0 Å². The molecule has 0 spiro atoms. The molecule has 6 aliphatic rings. The summed E-state index contributed by atoms with van der Waals surface area (Å²) in [6.07, 6.45) is 5.64. The summed E-state index contributed by atoms with van der Waals surface area (Å²) in [5.74, 6) is -0.194. The van der Waals surface area contributed by atoms with Crippen LogP contribution in [0.3, 0.4) is 0 Å². The van der Waals surface area contributed by atoms with Crippen LogP contribution in [0.4, 0.5) is 13.2 Å².